The SMILES string of the molecule is Cc1ccc([N+](=O)[O-])c(S(=O)(=O)NCCCC(C)(C)CO)c1C. The minimum Gasteiger partial charge on any atom is -0.396 e. The summed E-state index contributed by atoms with van der Waals surface area (Å²) in [5, 5.41) is 20.3. The summed E-state index contributed by atoms with van der Waals surface area (Å²) in [7, 11) is -3.97. The van der Waals surface area contributed by atoms with Gasteiger partial charge in [0.05, 0.1) is 4.92 Å². The maximum Gasteiger partial charge on any atom is 0.289 e. The number of hydrogen-bond donors (Lipinski definition) is 2. The van der Waals surface area contributed by atoms with E-state index in [-0.39, 0.29) is 23.5 Å². The van der Waals surface area contributed by atoms with Crippen LogP contribution >= 0.6 is 0 Å². The molecule has 23 heavy (non-hydrogen) atoms. The summed E-state index contributed by atoms with van der Waals surface area (Å²) < 4.78 is 27.3. The fraction of sp³-hybridized carbons (Fsp3) is 0.600. The van der Waals surface area contributed by atoms with E-state index in [2.05, 4.69) is 4.72 Å². The summed E-state index contributed by atoms with van der Waals surface area (Å²) in [6.45, 7) is 7.22. The summed E-state index contributed by atoms with van der Waals surface area (Å²) in [4.78, 5) is 10.2. The van der Waals surface area contributed by atoms with Gasteiger partial charge in [0.25, 0.3) is 5.69 Å². The van der Waals surface area contributed by atoms with E-state index in [0.717, 1.165) is 0 Å². The van der Waals surface area contributed by atoms with Crippen LogP contribution in [0.25, 0.3) is 0 Å². The molecule has 0 heterocycles. The van der Waals surface area contributed by atoms with E-state index in [1.807, 2.05) is 13.8 Å². The van der Waals surface area contributed by atoms with E-state index in [4.69, 9.17) is 0 Å². The van der Waals surface area contributed by atoms with Crippen LogP contribution in [0.1, 0.15) is 37.8 Å². The van der Waals surface area contributed by atoms with E-state index < -0.39 is 20.6 Å². The van der Waals surface area contributed by atoms with Crippen LogP contribution in [0.15, 0.2) is 17.0 Å². The Hall–Kier alpha value is -1.51. The minimum absolute atomic E-state index is 0.0161. The van der Waals surface area contributed by atoms with Crippen LogP contribution in [0.4, 0.5) is 5.69 Å². The number of sulfonamides is 1. The maximum atomic E-state index is 12.5. The van der Waals surface area contributed by atoms with Crippen molar-refractivity contribution in [2.45, 2.75) is 45.4 Å². The Morgan fingerprint density at radius 3 is 2.43 bits per heavy atom. The van der Waals surface area contributed by atoms with Crippen LogP contribution in [0.3, 0.4) is 0 Å². The number of rotatable bonds is 8. The fourth-order valence-corrected chi connectivity index (χ4v) is 3.72. The van der Waals surface area contributed by atoms with Crippen LogP contribution in [0, 0.1) is 29.4 Å². The predicted octanol–water partition coefficient (Wildman–Crippen LogP) is 2.29. The molecule has 0 spiro atoms. The molecule has 0 unspecified atom stereocenters. The predicted molar refractivity (Wildman–Crippen MR) is 87.9 cm³/mol. The second kappa shape index (κ2) is 7.37. The third-order valence-electron chi connectivity index (χ3n) is 3.87. The Bertz CT molecular complexity index is 683. The number of nitrogens with zero attached hydrogens (tertiary/aromatic N) is 1. The van der Waals surface area contributed by atoms with E-state index in [0.29, 0.717) is 24.0 Å². The van der Waals surface area contributed by atoms with Crippen molar-refractivity contribution in [3.63, 3.8) is 0 Å². The zero-order valence-electron chi connectivity index (χ0n) is 13.9. The van der Waals surface area contributed by atoms with Gasteiger partial charge in [-0.1, -0.05) is 19.9 Å². The number of nitro benzene ring substituents is 1. The lowest BCUT2D eigenvalue weighted by Crippen LogP contribution is -2.28. The van der Waals surface area contributed by atoms with Gasteiger partial charge < -0.3 is 5.11 Å². The molecule has 0 aromatic heterocycles. The largest absolute Gasteiger partial charge is 0.396 e. The van der Waals surface area contributed by atoms with Gasteiger partial charge in [-0.05, 0) is 43.2 Å². The normalized spacial score (nSPS) is 12.4. The highest BCUT2D eigenvalue weighted by Crippen LogP contribution is 2.29. The molecule has 130 valence electrons. The van der Waals surface area contributed by atoms with Crippen molar-refractivity contribution in [1.29, 1.82) is 0 Å². The Balaban J connectivity index is 2.97. The molecule has 0 atom stereocenters. The van der Waals surface area contributed by atoms with Gasteiger partial charge in [0.2, 0.25) is 10.0 Å². The number of hydrogen-bond acceptors (Lipinski definition) is 5. The Morgan fingerprint density at radius 1 is 1.30 bits per heavy atom. The average Bonchev–Trinajstić information content (AvgIpc) is 2.46. The average molecular weight is 344 g/mol. The van der Waals surface area contributed by atoms with Gasteiger partial charge in [0, 0.05) is 19.2 Å². The Morgan fingerprint density at radius 2 is 1.91 bits per heavy atom. The molecule has 0 amide bonds. The Kier molecular flexibility index (Phi) is 6.26. The van der Waals surface area contributed by atoms with Crippen LogP contribution < -0.4 is 4.72 Å². The molecular weight excluding hydrogens is 320 g/mol. The van der Waals surface area contributed by atoms with Gasteiger partial charge in [0.1, 0.15) is 0 Å². The third-order valence-corrected chi connectivity index (χ3v) is 5.51. The maximum absolute atomic E-state index is 12.5. The highest BCUT2D eigenvalue weighted by Gasteiger charge is 2.28. The topological polar surface area (TPSA) is 110 Å². The molecule has 7 nitrogen and oxygen atoms in total. The van der Waals surface area contributed by atoms with Crippen LogP contribution in [0.5, 0.6) is 0 Å². The first-order chi connectivity index (χ1) is 10.5. The van der Waals surface area contributed by atoms with E-state index in [9.17, 15) is 23.6 Å². The van der Waals surface area contributed by atoms with Gasteiger partial charge in [0.15, 0.2) is 4.90 Å². The van der Waals surface area contributed by atoms with Gasteiger partial charge in [-0.25, -0.2) is 13.1 Å². The molecule has 0 aliphatic heterocycles. The van der Waals surface area contributed by atoms with Gasteiger partial charge in [-0.15, -0.1) is 0 Å². The van der Waals surface area contributed by atoms with Crippen LogP contribution in [0.2, 0.25) is 0 Å². The quantitative estimate of drug-likeness (QED) is 0.427. The van der Waals surface area contributed by atoms with Crippen LogP contribution in [-0.2, 0) is 10.0 Å². The summed E-state index contributed by atoms with van der Waals surface area (Å²) in [6, 6.07) is 2.75. The summed E-state index contributed by atoms with van der Waals surface area (Å²) in [5.74, 6) is 0. The molecule has 0 radical (unpaired) electrons. The standard InChI is InChI=1S/C15H24N2O5S/c1-11-6-7-13(17(19)20)14(12(11)2)23(21,22)16-9-5-8-15(3,4)10-18/h6-7,16,18H,5,8-10H2,1-4H3. The van der Waals surface area contributed by atoms with Crippen molar-refractivity contribution >= 4 is 15.7 Å². The lowest BCUT2D eigenvalue weighted by atomic mass is 9.89. The molecule has 2 N–H and O–H groups in total. The molecule has 8 heteroatoms. The van der Waals surface area contributed by atoms with Crippen molar-refractivity contribution in [1.82, 2.24) is 4.72 Å². The van der Waals surface area contributed by atoms with Crippen molar-refractivity contribution in [2.75, 3.05) is 13.2 Å². The van der Waals surface area contributed by atoms with Crippen molar-refractivity contribution in [3.05, 3.63) is 33.4 Å². The number of nitro groups is 1. The molecular formula is C15H24N2O5S. The van der Waals surface area contributed by atoms with Gasteiger partial charge >= 0.3 is 0 Å². The molecule has 1 aromatic rings. The molecule has 0 aliphatic rings. The first-order valence-corrected chi connectivity index (χ1v) is 8.85. The second-order valence-corrected chi connectivity index (χ2v) is 8.14. The van der Waals surface area contributed by atoms with Gasteiger partial charge in [-0.2, -0.15) is 0 Å². The monoisotopic (exact) mass is 344 g/mol. The smallest absolute Gasteiger partial charge is 0.289 e. The lowest BCUT2D eigenvalue weighted by Gasteiger charge is -2.21. The number of aliphatic hydroxyl groups is 1. The van der Waals surface area contributed by atoms with E-state index in [1.165, 1.54) is 12.1 Å². The highest BCUT2D eigenvalue weighted by atomic mass is 32.2. The summed E-state index contributed by atoms with van der Waals surface area (Å²) >= 11 is 0. The fourth-order valence-electron chi connectivity index (χ4n) is 2.18. The molecule has 1 aromatic carbocycles. The molecule has 0 bridgehead atoms. The van der Waals surface area contributed by atoms with Crippen molar-refractivity contribution in [2.24, 2.45) is 5.41 Å². The molecule has 0 aliphatic carbocycles. The van der Waals surface area contributed by atoms with Crippen LogP contribution in [-0.4, -0.2) is 31.6 Å². The number of aliphatic hydroxyl groups excluding tert-OH is 1. The molecule has 1 rings (SSSR count). The highest BCUT2D eigenvalue weighted by molar-refractivity contribution is 7.89. The lowest BCUT2D eigenvalue weighted by molar-refractivity contribution is -0.387. The zero-order chi connectivity index (χ0) is 17.8. The first kappa shape index (κ1) is 19.5. The third kappa shape index (κ3) is 4.98. The molecule has 0 fully saturated rings. The van der Waals surface area contributed by atoms with E-state index >= 15 is 0 Å². The Labute approximate surface area is 136 Å². The summed E-state index contributed by atoms with van der Waals surface area (Å²) in [6.07, 6.45) is 1.17. The first-order valence-electron chi connectivity index (χ1n) is 7.37. The summed E-state index contributed by atoms with van der Waals surface area (Å²) in [5.41, 5.74) is 0.354. The number of benzene rings is 1. The van der Waals surface area contributed by atoms with Crippen molar-refractivity contribution in [3.8, 4) is 0 Å². The zero-order valence-corrected chi connectivity index (χ0v) is 14.7. The molecule has 0 saturated heterocycles. The number of nitrogens with one attached hydrogen (secondary N) is 1. The van der Waals surface area contributed by atoms with Crippen molar-refractivity contribution < 1.29 is 18.4 Å². The number of aryl methyl sites for hydroxylation is 1. The minimum atomic E-state index is -3.97. The second-order valence-electron chi connectivity index (χ2n) is 6.44. The van der Waals surface area contributed by atoms with Gasteiger partial charge in [-0.3, -0.25) is 10.1 Å². The van der Waals surface area contributed by atoms with E-state index in [1.54, 1.807) is 13.8 Å². The molecule has 0 saturated carbocycles.